The van der Waals surface area contributed by atoms with Gasteiger partial charge in [-0.3, -0.25) is 13.9 Å². The Morgan fingerprint density at radius 1 is 0.786 bits per heavy atom. The van der Waals surface area contributed by atoms with Gasteiger partial charge in [0, 0.05) is 20.0 Å². The fraction of sp³-hybridized carbons (Fsp3) is 0.235. The molecule has 4 aromatic rings. The van der Waals surface area contributed by atoms with Crippen LogP contribution in [0.25, 0.3) is 0 Å². The van der Waals surface area contributed by atoms with Gasteiger partial charge in [0.1, 0.15) is 12.6 Å². The molecule has 0 fully saturated rings. The summed E-state index contributed by atoms with van der Waals surface area (Å²) < 4.78 is 29.3. The van der Waals surface area contributed by atoms with Gasteiger partial charge in [0.15, 0.2) is 0 Å². The number of hydrogen-bond acceptors (Lipinski definition) is 4. The molecule has 0 saturated carbocycles. The van der Waals surface area contributed by atoms with E-state index in [1.807, 2.05) is 87.5 Å². The van der Waals surface area contributed by atoms with Crippen molar-refractivity contribution in [1.82, 2.24) is 10.2 Å². The third-order valence-corrected chi connectivity index (χ3v) is 9.12. The normalized spacial score (nSPS) is 11.9. The lowest BCUT2D eigenvalue weighted by Gasteiger charge is -2.34. The lowest BCUT2D eigenvalue weighted by atomic mass is 10.0. The predicted octanol–water partition coefficient (Wildman–Crippen LogP) is 5.19. The number of likely N-dealkylation sites (N-methyl/N-ethyl adjacent to an activating group) is 1. The molecule has 8 heteroatoms. The molecule has 2 amide bonds. The molecular weight excluding hydrogens is 546 g/mol. The number of anilines is 1. The first-order valence-electron chi connectivity index (χ1n) is 13.9. The Morgan fingerprint density at radius 3 is 2.02 bits per heavy atom. The first kappa shape index (κ1) is 30.5. The molecule has 0 radical (unpaired) electrons. The molecule has 0 aliphatic carbocycles. The van der Waals surface area contributed by atoms with E-state index in [0.717, 1.165) is 32.1 Å². The fourth-order valence-electron chi connectivity index (χ4n) is 5.01. The number of nitrogens with zero attached hydrogens (tertiary/aromatic N) is 2. The number of carbonyl (C=O) groups excluding carboxylic acids is 2. The zero-order valence-electron chi connectivity index (χ0n) is 24.4. The van der Waals surface area contributed by atoms with Crippen LogP contribution in [0, 0.1) is 20.8 Å². The van der Waals surface area contributed by atoms with Crippen LogP contribution in [0.2, 0.25) is 0 Å². The molecule has 1 atom stereocenters. The van der Waals surface area contributed by atoms with Crippen molar-refractivity contribution in [3.05, 3.63) is 131 Å². The van der Waals surface area contributed by atoms with E-state index in [2.05, 4.69) is 5.32 Å². The quantitative estimate of drug-likeness (QED) is 0.263. The molecule has 218 valence electrons. The maximum absolute atomic E-state index is 14.4. The summed E-state index contributed by atoms with van der Waals surface area (Å²) >= 11 is 0. The molecule has 0 unspecified atom stereocenters. The summed E-state index contributed by atoms with van der Waals surface area (Å²) in [5.74, 6) is -0.813. The molecule has 4 aromatic carbocycles. The molecule has 0 heterocycles. The van der Waals surface area contributed by atoms with Crippen molar-refractivity contribution in [3.8, 4) is 0 Å². The van der Waals surface area contributed by atoms with Crippen LogP contribution in [0.3, 0.4) is 0 Å². The molecule has 0 spiro atoms. The van der Waals surface area contributed by atoms with Crippen molar-refractivity contribution < 1.29 is 18.0 Å². The van der Waals surface area contributed by atoms with Crippen LogP contribution in [0.5, 0.6) is 0 Å². The van der Waals surface area contributed by atoms with Crippen LogP contribution < -0.4 is 9.62 Å². The van der Waals surface area contributed by atoms with E-state index >= 15 is 0 Å². The molecule has 0 bridgehead atoms. The van der Waals surface area contributed by atoms with E-state index in [1.165, 1.54) is 17.0 Å². The Labute approximate surface area is 248 Å². The SMILES string of the molecule is CNC(=O)[C@@H](Cc1ccccc1)N(Cc1ccccc1C)C(=O)CN(c1ccc(C)cc1C)S(=O)(=O)c1ccccc1. The molecule has 4 rings (SSSR count). The monoisotopic (exact) mass is 583 g/mol. The molecule has 0 aliphatic heterocycles. The summed E-state index contributed by atoms with van der Waals surface area (Å²) in [7, 11) is -2.58. The number of carbonyl (C=O) groups is 2. The fourth-order valence-corrected chi connectivity index (χ4v) is 6.51. The Morgan fingerprint density at radius 2 is 1.40 bits per heavy atom. The van der Waals surface area contributed by atoms with Crippen LogP contribution in [0.1, 0.15) is 27.8 Å². The molecule has 42 heavy (non-hydrogen) atoms. The van der Waals surface area contributed by atoms with E-state index in [0.29, 0.717) is 5.69 Å². The van der Waals surface area contributed by atoms with Crippen LogP contribution >= 0.6 is 0 Å². The zero-order valence-corrected chi connectivity index (χ0v) is 25.3. The lowest BCUT2D eigenvalue weighted by Crippen LogP contribution is -2.53. The van der Waals surface area contributed by atoms with Crippen molar-refractivity contribution >= 4 is 27.5 Å². The summed E-state index contributed by atoms with van der Waals surface area (Å²) in [5, 5.41) is 2.71. The van der Waals surface area contributed by atoms with Gasteiger partial charge in [0.05, 0.1) is 10.6 Å². The number of rotatable bonds is 11. The molecule has 0 aromatic heterocycles. The predicted molar refractivity (Wildman–Crippen MR) is 167 cm³/mol. The van der Waals surface area contributed by atoms with E-state index < -0.39 is 28.5 Å². The van der Waals surface area contributed by atoms with Gasteiger partial charge in [0.2, 0.25) is 11.8 Å². The van der Waals surface area contributed by atoms with Crippen LogP contribution in [-0.2, 0) is 32.6 Å². The number of benzene rings is 4. The van der Waals surface area contributed by atoms with E-state index in [1.54, 1.807) is 31.3 Å². The second kappa shape index (κ2) is 13.5. The minimum Gasteiger partial charge on any atom is -0.357 e. The van der Waals surface area contributed by atoms with E-state index in [4.69, 9.17) is 0 Å². The minimum atomic E-state index is -4.12. The van der Waals surface area contributed by atoms with Crippen molar-refractivity contribution in [2.45, 2.75) is 44.7 Å². The van der Waals surface area contributed by atoms with E-state index in [9.17, 15) is 18.0 Å². The van der Waals surface area contributed by atoms with Crippen molar-refractivity contribution in [3.63, 3.8) is 0 Å². The highest BCUT2D eigenvalue weighted by molar-refractivity contribution is 7.92. The average Bonchev–Trinajstić information content (AvgIpc) is 2.99. The summed E-state index contributed by atoms with van der Waals surface area (Å²) in [6.45, 7) is 5.37. The number of sulfonamides is 1. The van der Waals surface area contributed by atoms with Gasteiger partial charge in [-0.25, -0.2) is 8.42 Å². The molecule has 1 N–H and O–H groups in total. The highest BCUT2D eigenvalue weighted by atomic mass is 32.2. The van der Waals surface area contributed by atoms with E-state index in [-0.39, 0.29) is 23.8 Å². The maximum atomic E-state index is 14.4. The second-order valence-electron chi connectivity index (χ2n) is 10.4. The Kier molecular flexibility index (Phi) is 9.80. The third-order valence-electron chi connectivity index (χ3n) is 7.35. The largest absolute Gasteiger partial charge is 0.357 e. The summed E-state index contributed by atoms with van der Waals surface area (Å²) in [4.78, 5) is 29.3. The van der Waals surface area contributed by atoms with Crippen molar-refractivity contribution in [2.75, 3.05) is 17.9 Å². The number of aryl methyl sites for hydroxylation is 3. The Hall–Kier alpha value is -4.43. The maximum Gasteiger partial charge on any atom is 0.264 e. The second-order valence-corrected chi connectivity index (χ2v) is 12.2. The van der Waals surface area contributed by atoms with Gasteiger partial charge >= 0.3 is 0 Å². The summed E-state index contributed by atoms with van der Waals surface area (Å²) in [5.41, 5.74) is 4.83. The number of amides is 2. The average molecular weight is 584 g/mol. The van der Waals surface area contributed by atoms with Crippen molar-refractivity contribution in [1.29, 1.82) is 0 Å². The lowest BCUT2D eigenvalue weighted by molar-refractivity contribution is -0.139. The van der Waals surface area contributed by atoms with Gasteiger partial charge in [-0.1, -0.05) is 90.5 Å². The topological polar surface area (TPSA) is 86.8 Å². The first-order chi connectivity index (χ1) is 20.1. The first-order valence-corrected chi connectivity index (χ1v) is 15.3. The number of hydrogen-bond donors (Lipinski definition) is 1. The zero-order chi connectivity index (χ0) is 30.3. The van der Waals surface area contributed by atoms with Crippen LogP contribution in [0.4, 0.5) is 5.69 Å². The van der Waals surface area contributed by atoms with Gasteiger partial charge in [0.25, 0.3) is 10.0 Å². The minimum absolute atomic E-state index is 0.0790. The highest BCUT2D eigenvalue weighted by Crippen LogP contribution is 2.28. The molecule has 7 nitrogen and oxygen atoms in total. The summed E-state index contributed by atoms with van der Waals surface area (Å²) in [6.07, 6.45) is 0.271. The Bertz CT molecular complexity index is 1640. The molecular formula is C34H37N3O4S. The van der Waals surface area contributed by atoms with Gasteiger partial charge in [-0.05, 0) is 61.2 Å². The smallest absolute Gasteiger partial charge is 0.264 e. The van der Waals surface area contributed by atoms with Crippen molar-refractivity contribution in [2.24, 2.45) is 0 Å². The van der Waals surface area contributed by atoms with Gasteiger partial charge in [-0.2, -0.15) is 0 Å². The summed E-state index contributed by atoms with van der Waals surface area (Å²) in [6, 6.07) is 29.8. The number of nitrogens with one attached hydrogen (secondary N) is 1. The molecule has 0 aliphatic rings. The highest BCUT2D eigenvalue weighted by Gasteiger charge is 2.34. The van der Waals surface area contributed by atoms with Crippen LogP contribution in [-0.4, -0.2) is 44.8 Å². The Balaban J connectivity index is 1.81. The molecule has 0 saturated heterocycles. The van der Waals surface area contributed by atoms with Gasteiger partial charge < -0.3 is 10.2 Å². The van der Waals surface area contributed by atoms with Crippen LogP contribution in [0.15, 0.2) is 108 Å². The third kappa shape index (κ3) is 7.06. The standard InChI is InChI=1S/C34H37N3O4S/c1-25-19-20-31(27(3)21-25)37(42(40,41)30-17-9-6-10-18-30)24-33(38)36(23-29-16-12-11-13-26(29)2)32(34(39)35-4)22-28-14-7-5-8-15-28/h5-21,32H,22-24H2,1-4H3,(H,35,39)/t32-/m1/s1. The van der Waals surface area contributed by atoms with Gasteiger partial charge in [-0.15, -0.1) is 0 Å².